The zero-order valence-electron chi connectivity index (χ0n) is 9.09. The Labute approximate surface area is 81.5 Å². The summed E-state index contributed by atoms with van der Waals surface area (Å²) < 4.78 is 0. The van der Waals surface area contributed by atoms with Gasteiger partial charge in [0.15, 0.2) is 0 Å². The summed E-state index contributed by atoms with van der Waals surface area (Å²) >= 11 is 0. The fraction of sp³-hybridized carbons (Fsp3) is 0.417. The van der Waals surface area contributed by atoms with Crippen molar-refractivity contribution < 1.29 is 0 Å². The van der Waals surface area contributed by atoms with Crippen molar-refractivity contribution in [1.29, 1.82) is 0 Å². The van der Waals surface area contributed by atoms with E-state index in [-0.39, 0.29) is 0 Å². The van der Waals surface area contributed by atoms with Gasteiger partial charge in [-0.2, -0.15) is 0 Å². The normalized spacial score (nSPS) is 8.62. The summed E-state index contributed by atoms with van der Waals surface area (Å²) in [7, 11) is 0. The second-order valence-electron chi connectivity index (χ2n) is 2.59. The van der Waals surface area contributed by atoms with Gasteiger partial charge in [-0.25, -0.2) is 0 Å². The molecule has 1 heterocycles. The van der Waals surface area contributed by atoms with Crippen LogP contribution in [0.3, 0.4) is 0 Å². The number of nitrogens with zero attached hydrogens (tertiary/aromatic N) is 1. The van der Waals surface area contributed by atoms with Gasteiger partial charge in [0.1, 0.15) is 0 Å². The van der Waals surface area contributed by atoms with Gasteiger partial charge in [-0.05, 0) is 30.0 Å². The Hall–Kier alpha value is -1.11. The van der Waals surface area contributed by atoms with Crippen molar-refractivity contribution in [2.24, 2.45) is 0 Å². The quantitative estimate of drug-likeness (QED) is 0.672. The number of pyridine rings is 1. The summed E-state index contributed by atoms with van der Waals surface area (Å²) in [6, 6.07) is 0. The monoisotopic (exact) mass is 177 g/mol. The molecule has 0 unspecified atom stereocenters. The highest BCUT2D eigenvalue weighted by molar-refractivity contribution is 5.54. The Morgan fingerprint density at radius 2 is 2.00 bits per heavy atom. The first-order valence-electron chi connectivity index (χ1n) is 4.85. The van der Waals surface area contributed by atoms with Crippen LogP contribution in [0.25, 0.3) is 6.08 Å². The van der Waals surface area contributed by atoms with Crippen molar-refractivity contribution in [3.8, 4) is 0 Å². The average Bonchev–Trinajstić information content (AvgIpc) is 2.20. The minimum atomic E-state index is 1.02. The van der Waals surface area contributed by atoms with Crippen molar-refractivity contribution in [1.82, 2.24) is 4.98 Å². The molecule has 0 aliphatic carbocycles. The SMILES string of the molecule is C=Cc1c(C)cncc1CC.CC. The average molecular weight is 177 g/mol. The first-order valence-corrected chi connectivity index (χ1v) is 4.85. The lowest BCUT2D eigenvalue weighted by Gasteiger charge is -2.04. The Kier molecular flexibility index (Phi) is 5.86. The maximum atomic E-state index is 4.12. The largest absolute Gasteiger partial charge is 0.264 e. The molecule has 0 amide bonds. The minimum absolute atomic E-state index is 1.02. The molecule has 0 saturated carbocycles. The number of aromatic nitrogens is 1. The van der Waals surface area contributed by atoms with Crippen LogP contribution >= 0.6 is 0 Å². The van der Waals surface area contributed by atoms with E-state index in [1.54, 1.807) is 0 Å². The molecule has 0 N–H and O–H groups in total. The number of rotatable bonds is 2. The second kappa shape index (κ2) is 6.41. The molecule has 1 aromatic rings. The molecule has 13 heavy (non-hydrogen) atoms. The van der Waals surface area contributed by atoms with E-state index in [0.29, 0.717) is 0 Å². The highest BCUT2D eigenvalue weighted by Crippen LogP contribution is 2.13. The number of aryl methyl sites for hydroxylation is 2. The van der Waals surface area contributed by atoms with Crippen LogP contribution < -0.4 is 0 Å². The third-order valence-electron chi connectivity index (χ3n) is 1.85. The molecule has 1 aromatic heterocycles. The van der Waals surface area contributed by atoms with Gasteiger partial charge in [0, 0.05) is 12.4 Å². The topological polar surface area (TPSA) is 12.9 Å². The molecule has 0 saturated heterocycles. The molecular formula is C12H19N. The summed E-state index contributed by atoms with van der Waals surface area (Å²) in [6.07, 6.45) is 6.70. The van der Waals surface area contributed by atoms with Crippen LogP contribution in [0.2, 0.25) is 0 Å². The summed E-state index contributed by atoms with van der Waals surface area (Å²) in [5.74, 6) is 0. The van der Waals surface area contributed by atoms with E-state index in [1.165, 1.54) is 16.7 Å². The summed E-state index contributed by atoms with van der Waals surface area (Å²) in [5, 5.41) is 0. The summed E-state index contributed by atoms with van der Waals surface area (Å²) in [4.78, 5) is 4.12. The lowest BCUT2D eigenvalue weighted by Crippen LogP contribution is -1.91. The summed E-state index contributed by atoms with van der Waals surface area (Å²) in [5.41, 5.74) is 3.72. The van der Waals surface area contributed by atoms with Crippen LogP contribution in [-0.4, -0.2) is 4.98 Å². The van der Waals surface area contributed by atoms with Gasteiger partial charge in [-0.15, -0.1) is 0 Å². The van der Waals surface area contributed by atoms with E-state index in [4.69, 9.17) is 0 Å². The lowest BCUT2D eigenvalue weighted by atomic mass is 10.0. The van der Waals surface area contributed by atoms with E-state index in [9.17, 15) is 0 Å². The molecule has 1 nitrogen and oxygen atoms in total. The fourth-order valence-corrected chi connectivity index (χ4v) is 1.21. The van der Waals surface area contributed by atoms with Crippen molar-refractivity contribution >= 4 is 6.08 Å². The zero-order valence-corrected chi connectivity index (χ0v) is 9.09. The number of hydrogen-bond donors (Lipinski definition) is 0. The molecule has 1 rings (SSSR count). The number of hydrogen-bond acceptors (Lipinski definition) is 1. The predicted octanol–water partition coefficient (Wildman–Crippen LogP) is 3.62. The van der Waals surface area contributed by atoms with Crippen LogP contribution in [0.5, 0.6) is 0 Å². The third kappa shape index (κ3) is 3.02. The smallest absolute Gasteiger partial charge is 0.0305 e. The minimum Gasteiger partial charge on any atom is -0.264 e. The Bertz CT molecular complexity index is 264. The predicted molar refractivity (Wildman–Crippen MR) is 59.8 cm³/mol. The second-order valence-corrected chi connectivity index (χ2v) is 2.59. The fourth-order valence-electron chi connectivity index (χ4n) is 1.21. The molecule has 0 bridgehead atoms. The van der Waals surface area contributed by atoms with Gasteiger partial charge in [0.05, 0.1) is 0 Å². The molecule has 0 fully saturated rings. The molecule has 0 aromatic carbocycles. The van der Waals surface area contributed by atoms with Gasteiger partial charge in [-0.3, -0.25) is 4.98 Å². The third-order valence-corrected chi connectivity index (χ3v) is 1.85. The Morgan fingerprint density at radius 1 is 1.38 bits per heavy atom. The molecule has 72 valence electrons. The standard InChI is InChI=1S/C10H13N.C2H6/c1-4-9-7-11-6-8(3)10(9)5-2;1-2/h5-7H,2,4H2,1,3H3;1-2H3. The molecule has 0 spiro atoms. The van der Waals surface area contributed by atoms with Crippen LogP contribution in [0.1, 0.15) is 37.5 Å². The maximum Gasteiger partial charge on any atom is 0.0305 e. The van der Waals surface area contributed by atoms with Crippen LogP contribution in [-0.2, 0) is 6.42 Å². The van der Waals surface area contributed by atoms with Crippen molar-refractivity contribution in [3.63, 3.8) is 0 Å². The van der Waals surface area contributed by atoms with Crippen molar-refractivity contribution in [2.45, 2.75) is 34.1 Å². The van der Waals surface area contributed by atoms with Gasteiger partial charge < -0.3 is 0 Å². The van der Waals surface area contributed by atoms with Gasteiger partial charge in [0.25, 0.3) is 0 Å². The van der Waals surface area contributed by atoms with Crippen LogP contribution in [0, 0.1) is 6.92 Å². The van der Waals surface area contributed by atoms with E-state index in [2.05, 4.69) is 25.4 Å². The molecule has 1 heteroatoms. The van der Waals surface area contributed by atoms with Gasteiger partial charge >= 0.3 is 0 Å². The van der Waals surface area contributed by atoms with Gasteiger partial charge in [-0.1, -0.05) is 33.4 Å². The van der Waals surface area contributed by atoms with E-state index in [1.807, 2.05) is 32.3 Å². The highest BCUT2D eigenvalue weighted by atomic mass is 14.6. The molecular weight excluding hydrogens is 158 g/mol. The van der Waals surface area contributed by atoms with Crippen molar-refractivity contribution in [3.05, 3.63) is 35.7 Å². The Balaban J connectivity index is 0.000000671. The highest BCUT2D eigenvalue weighted by Gasteiger charge is 1.98. The van der Waals surface area contributed by atoms with E-state index < -0.39 is 0 Å². The van der Waals surface area contributed by atoms with Crippen LogP contribution in [0.4, 0.5) is 0 Å². The molecule has 0 aliphatic heterocycles. The lowest BCUT2D eigenvalue weighted by molar-refractivity contribution is 1.08. The summed E-state index contributed by atoms with van der Waals surface area (Å²) in [6.45, 7) is 12.0. The van der Waals surface area contributed by atoms with Crippen molar-refractivity contribution in [2.75, 3.05) is 0 Å². The molecule has 0 atom stereocenters. The maximum absolute atomic E-state index is 4.12. The molecule has 0 aliphatic rings. The zero-order chi connectivity index (χ0) is 10.3. The first kappa shape index (κ1) is 11.9. The van der Waals surface area contributed by atoms with Crippen LogP contribution in [0.15, 0.2) is 19.0 Å². The van der Waals surface area contributed by atoms with E-state index in [0.717, 1.165) is 6.42 Å². The Morgan fingerprint density at radius 3 is 2.38 bits per heavy atom. The van der Waals surface area contributed by atoms with E-state index >= 15 is 0 Å². The van der Waals surface area contributed by atoms with Gasteiger partial charge in [0.2, 0.25) is 0 Å². The molecule has 0 radical (unpaired) electrons. The first-order chi connectivity index (χ1) is 6.29.